The van der Waals surface area contributed by atoms with Crippen LogP contribution in [-0.2, 0) is 0 Å². The summed E-state index contributed by atoms with van der Waals surface area (Å²) in [6.45, 7) is 2.99. The number of rotatable bonds is 5. The highest BCUT2D eigenvalue weighted by Crippen LogP contribution is 2.18. The fraction of sp³-hybridized carbons (Fsp3) is 0.200. The summed E-state index contributed by atoms with van der Waals surface area (Å²) in [6, 6.07) is 12.2. The molecule has 1 heterocycles. The number of hydrogen-bond acceptors (Lipinski definition) is 3. The highest BCUT2D eigenvalue weighted by atomic mass is 32.1. The Kier molecular flexibility index (Phi) is 4.47. The molecular weight excluding hydrogens is 254 g/mol. The molecule has 0 amide bonds. The van der Waals surface area contributed by atoms with Crippen LogP contribution < -0.4 is 11.1 Å². The first-order valence-corrected chi connectivity index (χ1v) is 6.62. The minimum Gasteiger partial charge on any atom is -0.389 e. The fourth-order valence-corrected chi connectivity index (χ4v) is 2.09. The van der Waals surface area contributed by atoms with Gasteiger partial charge in [-0.1, -0.05) is 49.5 Å². The van der Waals surface area contributed by atoms with Crippen molar-refractivity contribution in [1.82, 2.24) is 4.98 Å². The van der Waals surface area contributed by atoms with Gasteiger partial charge < -0.3 is 11.1 Å². The monoisotopic (exact) mass is 271 g/mol. The highest BCUT2D eigenvalue weighted by Gasteiger charge is 2.08. The Labute approximate surface area is 118 Å². The summed E-state index contributed by atoms with van der Waals surface area (Å²) in [5.41, 5.74) is 8.72. The van der Waals surface area contributed by atoms with E-state index in [0.717, 1.165) is 17.8 Å². The molecule has 2 rings (SSSR count). The summed E-state index contributed by atoms with van der Waals surface area (Å²) in [4.78, 5) is 4.49. The normalized spacial score (nSPS) is 11.8. The lowest BCUT2D eigenvalue weighted by Gasteiger charge is -2.15. The van der Waals surface area contributed by atoms with Gasteiger partial charge in [0.15, 0.2) is 0 Å². The SMILES string of the molecule is CC(CNc1cnccc1C(N)=S)c1ccccc1. The van der Waals surface area contributed by atoms with Gasteiger partial charge in [0.1, 0.15) is 4.99 Å². The van der Waals surface area contributed by atoms with Crippen molar-refractivity contribution in [2.45, 2.75) is 12.8 Å². The molecule has 3 N–H and O–H groups in total. The molecule has 0 aliphatic carbocycles. The second-order valence-electron chi connectivity index (χ2n) is 4.48. The molecular formula is C15H17N3S. The van der Waals surface area contributed by atoms with Crippen LogP contribution in [0.2, 0.25) is 0 Å². The summed E-state index contributed by atoms with van der Waals surface area (Å²) >= 11 is 5.03. The average Bonchev–Trinajstić information content (AvgIpc) is 2.46. The van der Waals surface area contributed by atoms with Gasteiger partial charge in [0.05, 0.1) is 11.9 Å². The molecule has 0 spiro atoms. The van der Waals surface area contributed by atoms with Gasteiger partial charge in [-0.05, 0) is 17.5 Å². The van der Waals surface area contributed by atoms with E-state index in [0.29, 0.717) is 10.9 Å². The number of pyridine rings is 1. The molecule has 4 heteroatoms. The van der Waals surface area contributed by atoms with Crippen LogP contribution in [0.3, 0.4) is 0 Å². The molecule has 0 fully saturated rings. The van der Waals surface area contributed by atoms with Gasteiger partial charge in [0, 0.05) is 18.3 Å². The second kappa shape index (κ2) is 6.29. The van der Waals surface area contributed by atoms with E-state index < -0.39 is 0 Å². The van der Waals surface area contributed by atoms with E-state index in [-0.39, 0.29) is 0 Å². The Balaban J connectivity index is 2.05. The lowest BCUT2D eigenvalue weighted by Crippen LogP contribution is -2.16. The molecule has 3 nitrogen and oxygen atoms in total. The van der Waals surface area contributed by atoms with Crippen LogP contribution in [-0.4, -0.2) is 16.5 Å². The number of hydrogen-bond donors (Lipinski definition) is 2. The minimum absolute atomic E-state index is 0.386. The van der Waals surface area contributed by atoms with Crippen LogP contribution in [0.1, 0.15) is 24.0 Å². The Morgan fingerprint density at radius 1 is 1.32 bits per heavy atom. The maximum absolute atomic E-state index is 5.70. The van der Waals surface area contributed by atoms with Crippen molar-refractivity contribution in [2.75, 3.05) is 11.9 Å². The molecule has 1 atom stereocenters. The largest absolute Gasteiger partial charge is 0.389 e. The molecule has 0 radical (unpaired) electrons. The number of thiocarbonyl (C=S) groups is 1. The molecule has 1 aromatic carbocycles. The van der Waals surface area contributed by atoms with E-state index in [9.17, 15) is 0 Å². The van der Waals surface area contributed by atoms with Gasteiger partial charge >= 0.3 is 0 Å². The van der Waals surface area contributed by atoms with E-state index >= 15 is 0 Å². The minimum atomic E-state index is 0.386. The molecule has 19 heavy (non-hydrogen) atoms. The maximum Gasteiger partial charge on any atom is 0.106 e. The molecule has 98 valence electrons. The van der Waals surface area contributed by atoms with Crippen molar-refractivity contribution < 1.29 is 0 Å². The molecule has 0 aliphatic heterocycles. The van der Waals surface area contributed by atoms with Crippen LogP contribution in [0, 0.1) is 0 Å². The first-order chi connectivity index (χ1) is 9.18. The van der Waals surface area contributed by atoms with Gasteiger partial charge in [-0.15, -0.1) is 0 Å². The summed E-state index contributed by atoms with van der Waals surface area (Å²) in [7, 11) is 0. The van der Waals surface area contributed by atoms with Gasteiger partial charge in [-0.3, -0.25) is 4.98 Å². The molecule has 1 aromatic heterocycles. The first kappa shape index (κ1) is 13.5. The molecule has 2 aromatic rings. The Bertz CT molecular complexity index is 554. The van der Waals surface area contributed by atoms with Crippen LogP contribution in [0.5, 0.6) is 0 Å². The van der Waals surface area contributed by atoms with E-state index in [1.165, 1.54) is 5.56 Å². The molecule has 0 aliphatic rings. The third-order valence-corrected chi connectivity index (χ3v) is 3.27. The smallest absolute Gasteiger partial charge is 0.106 e. The number of aromatic nitrogens is 1. The van der Waals surface area contributed by atoms with Gasteiger partial charge in [-0.2, -0.15) is 0 Å². The zero-order valence-corrected chi connectivity index (χ0v) is 11.7. The average molecular weight is 271 g/mol. The van der Waals surface area contributed by atoms with Crippen molar-refractivity contribution in [3.05, 3.63) is 59.9 Å². The topological polar surface area (TPSA) is 50.9 Å². The van der Waals surface area contributed by atoms with E-state index in [1.807, 2.05) is 12.1 Å². The molecule has 0 saturated carbocycles. The molecule has 0 bridgehead atoms. The standard InChI is InChI=1S/C15H17N3S/c1-11(12-5-3-2-4-6-12)9-18-14-10-17-8-7-13(14)15(16)19/h2-8,10-11,18H,9H2,1H3,(H2,16,19). The number of anilines is 1. The number of nitrogens with zero attached hydrogens (tertiary/aromatic N) is 1. The van der Waals surface area contributed by atoms with Crippen molar-refractivity contribution in [1.29, 1.82) is 0 Å². The summed E-state index contributed by atoms with van der Waals surface area (Å²) in [5, 5.41) is 3.36. The number of benzene rings is 1. The highest BCUT2D eigenvalue weighted by molar-refractivity contribution is 7.80. The Hall–Kier alpha value is -1.94. The maximum atomic E-state index is 5.70. The predicted octanol–water partition coefficient (Wildman–Crippen LogP) is 2.93. The van der Waals surface area contributed by atoms with E-state index in [4.69, 9.17) is 18.0 Å². The van der Waals surface area contributed by atoms with Crippen molar-refractivity contribution >= 4 is 22.9 Å². The quantitative estimate of drug-likeness (QED) is 0.821. The number of nitrogens with two attached hydrogens (primary N) is 1. The summed E-state index contributed by atoms with van der Waals surface area (Å²) < 4.78 is 0. The third kappa shape index (κ3) is 3.51. The van der Waals surface area contributed by atoms with Crippen LogP contribution in [0.15, 0.2) is 48.8 Å². The van der Waals surface area contributed by atoms with Gasteiger partial charge in [0.25, 0.3) is 0 Å². The first-order valence-electron chi connectivity index (χ1n) is 6.21. The summed E-state index contributed by atoms with van der Waals surface area (Å²) in [5.74, 6) is 0.403. The fourth-order valence-electron chi connectivity index (χ4n) is 1.91. The predicted molar refractivity (Wildman–Crippen MR) is 83.5 cm³/mol. The van der Waals surface area contributed by atoms with Crippen molar-refractivity contribution in [3.8, 4) is 0 Å². The third-order valence-electron chi connectivity index (χ3n) is 3.05. The van der Waals surface area contributed by atoms with Crippen molar-refractivity contribution in [2.24, 2.45) is 5.73 Å². The van der Waals surface area contributed by atoms with Gasteiger partial charge in [-0.25, -0.2) is 0 Å². The number of nitrogens with one attached hydrogen (secondary N) is 1. The lowest BCUT2D eigenvalue weighted by atomic mass is 10.0. The molecule has 1 unspecified atom stereocenters. The second-order valence-corrected chi connectivity index (χ2v) is 4.92. The summed E-state index contributed by atoms with van der Waals surface area (Å²) in [6.07, 6.45) is 3.45. The van der Waals surface area contributed by atoms with Crippen LogP contribution in [0.25, 0.3) is 0 Å². The zero-order chi connectivity index (χ0) is 13.7. The van der Waals surface area contributed by atoms with E-state index in [2.05, 4.69) is 41.5 Å². The van der Waals surface area contributed by atoms with Crippen LogP contribution >= 0.6 is 12.2 Å². The molecule has 0 saturated heterocycles. The Morgan fingerprint density at radius 3 is 2.74 bits per heavy atom. The van der Waals surface area contributed by atoms with Crippen molar-refractivity contribution in [3.63, 3.8) is 0 Å². The van der Waals surface area contributed by atoms with Gasteiger partial charge in [0.2, 0.25) is 0 Å². The van der Waals surface area contributed by atoms with Crippen LogP contribution in [0.4, 0.5) is 5.69 Å². The zero-order valence-electron chi connectivity index (χ0n) is 10.8. The lowest BCUT2D eigenvalue weighted by molar-refractivity contribution is 0.804. The Morgan fingerprint density at radius 2 is 2.05 bits per heavy atom. The van der Waals surface area contributed by atoms with E-state index in [1.54, 1.807) is 12.4 Å².